The third-order valence-corrected chi connectivity index (χ3v) is 3.94. The van der Waals surface area contributed by atoms with E-state index in [4.69, 9.17) is 0 Å². The topological polar surface area (TPSA) is 32.3 Å². The number of nitrogens with one attached hydrogen (secondary N) is 1. The Bertz CT molecular complexity index is 202. The molecule has 0 aliphatic carbocycles. The molecule has 88 valence electrons. The SMILES string of the molecule is Cl.O=C([C@@H]1CCCN1)N1CCCSCC1. The van der Waals surface area contributed by atoms with Crippen molar-refractivity contribution in [3.8, 4) is 0 Å². The number of carbonyl (C=O) groups is 1. The van der Waals surface area contributed by atoms with E-state index in [2.05, 4.69) is 5.32 Å². The van der Waals surface area contributed by atoms with Crippen LogP contribution in [0.3, 0.4) is 0 Å². The zero-order valence-corrected chi connectivity index (χ0v) is 10.5. The average Bonchev–Trinajstić information content (AvgIpc) is 2.59. The lowest BCUT2D eigenvalue weighted by Crippen LogP contribution is -2.44. The van der Waals surface area contributed by atoms with E-state index in [-0.39, 0.29) is 18.4 Å². The Morgan fingerprint density at radius 1 is 1.27 bits per heavy atom. The van der Waals surface area contributed by atoms with Crippen molar-refractivity contribution >= 4 is 30.1 Å². The summed E-state index contributed by atoms with van der Waals surface area (Å²) in [5.74, 6) is 2.66. The zero-order chi connectivity index (χ0) is 9.80. The molecule has 3 nitrogen and oxygen atoms in total. The number of carbonyl (C=O) groups excluding carboxylic acids is 1. The van der Waals surface area contributed by atoms with Crippen molar-refractivity contribution in [3.05, 3.63) is 0 Å². The summed E-state index contributed by atoms with van der Waals surface area (Å²) < 4.78 is 0. The number of thioether (sulfide) groups is 1. The van der Waals surface area contributed by atoms with Crippen molar-refractivity contribution < 1.29 is 4.79 Å². The van der Waals surface area contributed by atoms with Gasteiger partial charge in [-0.05, 0) is 31.6 Å². The van der Waals surface area contributed by atoms with Gasteiger partial charge in [-0.3, -0.25) is 4.79 Å². The molecule has 0 radical (unpaired) electrons. The van der Waals surface area contributed by atoms with Crippen LogP contribution in [-0.4, -0.2) is 48.0 Å². The maximum Gasteiger partial charge on any atom is 0.239 e. The van der Waals surface area contributed by atoms with Gasteiger partial charge < -0.3 is 10.2 Å². The molecule has 0 spiro atoms. The van der Waals surface area contributed by atoms with Crippen LogP contribution in [0.2, 0.25) is 0 Å². The molecule has 2 aliphatic heterocycles. The van der Waals surface area contributed by atoms with E-state index < -0.39 is 0 Å². The van der Waals surface area contributed by atoms with Crippen LogP contribution in [0, 0.1) is 0 Å². The largest absolute Gasteiger partial charge is 0.340 e. The van der Waals surface area contributed by atoms with Crippen LogP contribution >= 0.6 is 24.2 Å². The molecule has 0 bridgehead atoms. The molecular weight excluding hydrogens is 232 g/mol. The Morgan fingerprint density at radius 2 is 2.13 bits per heavy atom. The van der Waals surface area contributed by atoms with Gasteiger partial charge in [-0.25, -0.2) is 0 Å². The van der Waals surface area contributed by atoms with Crippen LogP contribution in [-0.2, 0) is 4.79 Å². The molecule has 1 N–H and O–H groups in total. The number of hydrogen-bond donors (Lipinski definition) is 1. The van der Waals surface area contributed by atoms with Crippen LogP contribution in [0.25, 0.3) is 0 Å². The zero-order valence-electron chi connectivity index (χ0n) is 8.91. The average molecular weight is 251 g/mol. The van der Waals surface area contributed by atoms with Gasteiger partial charge in [-0.1, -0.05) is 0 Å². The quantitative estimate of drug-likeness (QED) is 0.757. The molecule has 15 heavy (non-hydrogen) atoms. The standard InChI is InChI=1S/C10H18N2OS.ClH/c13-10(9-3-1-4-11-9)12-5-2-7-14-8-6-12;/h9,11H,1-8H2;1H/t9-;/m0./s1. The number of halogens is 1. The Balaban J connectivity index is 0.00000112. The maximum absolute atomic E-state index is 12.0. The molecule has 2 fully saturated rings. The molecule has 1 atom stereocenters. The van der Waals surface area contributed by atoms with Gasteiger partial charge in [-0.2, -0.15) is 11.8 Å². The van der Waals surface area contributed by atoms with Crippen LogP contribution < -0.4 is 5.32 Å². The number of hydrogen-bond acceptors (Lipinski definition) is 3. The second-order valence-corrected chi connectivity index (χ2v) is 5.16. The Morgan fingerprint density at radius 3 is 2.87 bits per heavy atom. The molecule has 2 heterocycles. The fraction of sp³-hybridized carbons (Fsp3) is 0.900. The molecule has 0 aromatic heterocycles. The van der Waals surface area contributed by atoms with E-state index >= 15 is 0 Å². The smallest absolute Gasteiger partial charge is 0.239 e. The van der Waals surface area contributed by atoms with E-state index in [1.165, 1.54) is 5.75 Å². The van der Waals surface area contributed by atoms with Crippen molar-refractivity contribution in [2.45, 2.75) is 25.3 Å². The normalized spacial score (nSPS) is 26.9. The predicted octanol–water partition coefficient (Wildman–Crippen LogP) is 1.13. The Kier molecular flexibility index (Phi) is 5.79. The van der Waals surface area contributed by atoms with Crippen LogP contribution in [0.1, 0.15) is 19.3 Å². The molecule has 0 saturated carbocycles. The fourth-order valence-electron chi connectivity index (χ4n) is 2.08. The lowest BCUT2D eigenvalue weighted by Gasteiger charge is -2.23. The summed E-state index contributed by atoms with van der Waals surface area (Å²) in [6.45, 7) is 2.92. The number of amides is 1. The Hall–Kier alpha value is 0.0700. The third kappa shape index (κ3) is 3.54. The molecule has 1 amide bonds. The number of rotatable bonds is 1. The summed E-state index contributed by atoms with van der Waals surface area (Å²) in [5.41, 5.74) is 0. The first-order valence-electron chi connectivity index (χ1n) is 5.48. The second-order valence-electron chi connectivity index (χ2n) is 3.94. The second kappa shape index (κ2) is 6.61. The van der Waals surface area contributed by atoms with E-state index in [9.17, 15) is 4.79 Å². The van der Waals surface area contributed by atoms with E-state index in [0.29, 0.717) is 5.91 Å². The summed E-state index contributed by atoms with van der Waals surface area (Å²) in [5, 5.41) is 3.28. The summed E-state index contributed by atoms with van der Waals surface area (Å²) in [6.07, 6.45) is 3.34. The van der Waals surface area contributed by atoms with Gasteiger partial charge in [-0.15, -0.1) is 12.4 Å². The predicted molar refractivity (Wildman–Crippen MR) is 66.8 cm³/mol. The molecule has 2 saturated heterocycles. The summed E-state index contributed by atoms with van der Waals surface area (Å²) in [6, 6.07) is 0.123. The summed E-state index contributed by atoms with van der Waals surface area (Å²) >= 11 is 1.97. The minimum absolute atomic E-state index is 0. The van der Waals surface area contributed by atoms with Gasteiger partial charge in [0.25, 0.3) is 0 Å². The highest BCUT2D eigenvalue weighted by Crippen LogP contribution is 2.14. The molecular formula is C10H19ClN2OS. The highest BCUT2D eigenvalue weighted by atomic mass is 35.5. The van der Waals surface area contributed by atoms with E-state index in [1.807, 2.05) is 16.7 Å². The first-order chi connectivity index (χ1) is 6.88. The van der Waals surface area contributed by atoms with Gasteiger partial charge in [0.1, 0.15) is 0 Å². The maximum atomic E-state index is 12.0. The molecule has 0 aromatic rings. The fourth-order valence-corrected chi connectivity index (χ4v) is 2.97. The third-order valence-electron chi connectivity index (χ3n) is 2.89. The van der Waals surface area contributed by atoms with Crippen LogP contribution in [0.4, 0.5) is 0 Å². The lowest BCUT2D eigenvalue weighted by atomic mass is 10.2. The van der Waals surface area contributed by atoms with Gasteiger partial charge in [0, 0.05) is 18.8 Å². The van der Waals surface area contributed by atoms with Crippen LogP contribution in [0.15, 0.2) is 0 Å². The monoisotopic (exact) mass is 250 g/mol. The van der Waals surface area contributed by atoms with Crippen molar-refractivity contribution in [1.29, 1.82) is 0 Å². The van der Waals surface area contributed by atoms with Crippen molar-refractivity contribution in [2.75, 3.05) is 31.1 Å². The van der Waals surface area contributed by atoms with Gasteiger partial charge >= 0.3 is 0 Å². The number of nitrogens with zero attached hydrogens (tertiary/aromatic N) is 1. The summed E-state index contributed by atoms with van der Waals surface area (Å²) in [4.78, 5) is 14.1. The molecule has 0 unspecified atom stereocenters. The molecule has 2 aliphatic rings. The summed E-state index contributed by atoms with van der Waals surface area (Å²) in [7, 11) is 0. The molecule has 5 heteroatoms. The van der Waals surface area contributed by atoms with E-state index in [0.717, 1.165) is 44.6 Å². The highest BCUT2D eigenvalue weighted by molar-refractivity contribution is 7.99. The molecule has 2 rings (SSSR count). The Labute approximate surface area is 102 Å². The lowest BCUT2D eigenvalue weighted by molar-refractivity contribution is -0.132. The van der Waals surface area contributed by atoms with Crippen molar-refractivity contribution in [3.63, 3.8) is 0 Å². The van der Waals surface area contributed by atoms with Crippen molar-refractivity contribution in [2.24, 2.45) is 0 Å². The minimum atomic E-state index is 0. The molecule has 0 aromatic carbocycles. The van der Waals surface area contributed by atoms with Crippen molar-refractivity contribution in [1.82, 2.24) is 10.2 Å². The minimum Gasteiger partial charge on any atom is -0.340 e. The van der Waals surface area contributed by atoms with E-state index in [1.54, 1.807) is 0 Å². The van der Waals surface area contributed by atoms with Gasteiger partial charge in [0.15, 0.2) is 0 Å². The first kappa shape index (κ1) is 13.1. The first-order valence-corrected chi connectivity index (χ1v) is 6.63. The van der Waals surface area contributed by atoms with Gasteiger partial charge in [0.05, 0.1) is 6.04 Å². The highest BCUT2D eigenvalue weighted by Gasteiger charge is 2.26. The van der Waals surface area contributed by atoms with Crippen LogP contribution in [0.5, 0.6) is 0 Å². The van der Waals surface area contributed by atoms with Gasteiger partial charge in [0.2, 0.25) is 5.91 Å².